The van der Waals surface area contributed by atoms with E-state index in [1.165, 1.54) is 0 Å². The molecule has 2 heterocycles. The second-order valence-electron chi connectivity index (χ2n) is 6.32. The van der Waals surface area contributed by atoms with Crippen LogP contribution in [0.1, 0.15) is 23.1 Å². The highest BCUT2D eigenvalue weighted by atomic mass is 35.5. The van der Waals surface area contributed by atoms with Crippen LogP contribution >= 0.6 is 11.6 Å². The average molecular weight is 398 g/mol. The minimum absolute atomic E-state index is 0.315. The van der Waals surface area contributed by atoms with Gasteiger partial charge in [-0.15, -0.1) is 0 Å². The standard InChI is InChI=1S/C21H20ClN3O3/c1-3-27-20(26)19-14(2)23-21-24(16-9-5-6-10-17(16)25(19)21)12-13-28-18-11-7-4-8-15(18)22/h4-11H,3,12-13H2,1-2H3. The molecule has 6 nitrogen and oxygen atoms in total. The molecule has 2 aromatic carbocycles. The number of aromatic nitrogens is 3. The summed E-state index contributed by atoms with van der Waals surface area (Å²) >= 11 is 6.16. The Bertz CT molecular complexity index is 1160. The molecule has 0 saturated carbocycles. The van der Waals surface area contributed by atoms with E-state index in [1.54, 1.807) is 13.0 Å². The Morgan fingerprint density at radius 3 is 2.57 bits per heavy atom. The van der Waals surface area contributed by atoms with Crippen molar-refractivity contribution in [3.8, 4) is 5.75 Å². The molecule has 0 spiro atoms. The maximum absolute atomic E-state index is 12.5. The third-order valence-corrected chi connectivity index (χ3v) is 4.88. The zero-order valence-electron chi connectivity index (χ0n) is 15.7. The number of para-hydroxylation sites is 3. The number of nitrogens with zero attached hydrogens (tertiary/aromatic N) is 3. The van der Waals surface area contributed by atoms with Gasteiger partial charge in [-0.3, -0.25) is 4.40 Å². The summed E-state index contributed by atoms with van der Waals surface area (Å²) in [5.41, 5.74) is 2.97. The van der Waals surface area contributed by atoms with Gasteiger partial charge in [-0.1, -0.05) is 35.9 Å². The number of aryl methyl sites for hydroxylation is 1. The second kappa shape index (κ2) is 7.56. The highest BCUT2D eigenvalue weighted by Gasteiger charge is 2.23. The molecule has 4 rings (SSSR count). The molecule has 0 bridgehead atoms. The molecule has 0 atom stereocenters. The Morgan fingerprint density at radius 2 is 1.82 bits per heavy atom. The molecule has 28 heavy (non-hydrogen) atoms. The summed E-state index contributed by atoms with van der Waals surface area (Å²) in [7, 11) is 0. The Labute approximate surface area is 167 Å². The second-order valence-corrected chi connectivity index (χ2v) is 6.73. The van der Waals surface area contributed by atoms with Crippen LogP contribution < -0.4 is 4.74 Å². The van der Waals surface area contributed by atoms with Crippen molar-refractivity contribution in [1.29, 1.82) is 0 Å². The monoisotopic (exact) mass is 397 g/mol. The summed E-state index contributed by atoms with van der Waals surface area (Å²) in [5, 5.41) is 0.575. The third-order valence-electron chi connectivity index (χ3n) is 4.57. The highest BCUT2D eigenvalue weighted by Crippen LogP contribution is 2.26. The van der Waals surface area contributed by atoms with Gasteiger partial charge >= 0.3 is 5.97 Å². The lowest BCUT2D eigenvalue weighted by Crippen LogP contribution is -2.09. The normalized spacial score (nSPS) is 11.2. The van der Waals surface area contributed by atoms with Crippen molar-refractivity contribution >= 4 is 34.4 Å². The molecule has 144 valence electrons. The van der Waals surface area contributed by atoms with Crippen molar-refractivity contribution in [2.24, 2.45) is 0 Å². The van der Waals surface area contributed by atoms with E-state index in [1.807, 2.05) is 58.4 Å². The number of fused-ring (bicyclic) bond motifs is 3. The van der Waals surface area contributed by atoms with Crippen LogP contribution in [0, 0.1) is 6.92 Å². The molecule has 0 fully saturated rings. The van der Waals surface area contributed by atoms with E-state index in [0.717, 1.165) is 11.0 Å². The Morgan fingerprint density at radius 1 is 1.11 bits per heavy atom. The number of imidazole rings is 2. The predicted octanol–water partition coefficient (Wildman–Crippen LogP) is 4.51. The fraction of sp³-hybridized carbons (Fsp3) is 0.238. The van der Waals surface area contributed by atoms with Crippen molar-refractivity contribution in [3.63, 3.8) is 0 Å². The van der Waals surface area contributed by atoms with Gasteiger partial charge in [-0.05, 0) is 38.1 Å². The van der Waals surface area contributed by atoms with Crippen LogP contribution in [0.3, 0.4) is 0 Å². The summed E-state index contributed by atoms with van der Waals surface area (Å²) in [6.45, 7) is 4.90. The maximum Gasteiger partial charge on any atom is 0.357 e. The SMILES string of the molecule is CCOC(=O)c1c(C)nc2n(CCOc3ccccc3Cl)c3ccccc3n12. The molecular weight excluding hydrogens is 378 g/mol. The van der Waals surface area contributed by atoms with Gasteiger partial charge < -0.3 is 14.0 Å². The number of hydrogen-bond donors (Lipinski definition) is 0. The lowest BCUT2D eigenvalue weighted by Gasteiger charge is -2.09. The molecule has 0 N–H and O–H groups in total. The summed E-state index contributed by atoms with van der Waals surface area (Å²) in [6.07, 6.45) is 0. The Kier molecular flexibility index (Phi) is 4.96. The topological polar surface area (TPSA) is 57.8 Å². The summed E-state index contributed by atoms with van der Waals surface area (Å²) in [5.74, 6) is 0.954. The summed E-state index contributed by atoms with van der Waals surface area (Å²) in [4.78, 5) is 17.1. The van der Waals surface area contributed by atoms with Gasteiger partial charge in [0.15, 0.2) is 5.69 Å². The number of carbonyl (C=O) groups is 1. The van der Waals surface area contributed by atoms with Gasteiger partial charge in [0.05, 0.1) is 34.9 Å². The van der Waals surface area contributed by atoms with Gasteiger partial charge in [0.25, 0.3) is 0 Å². The highest BCUT2D eigenvalue weighted by molar-refractivity contribution is 6.32. The van der Waals surface area contributed by atoms with Crippen LogP contribution in [0.15, 0.2) is 48.5 Å². The van der Waals surface area contributed by atoms with Crippen LogP contribution in [0.4, 0.5) is 0 Å². The van der Waals surface area contributed by atoms with Crippen LogP contribution in [-0.2, 0) is 11.3 Å². The summed E-state index contributed by atoms with van der Waals surface area (Å²) < 4.78 is 15.0. The first-order chi connectivity index (χ1) is 13.6. The predicted molar refractivity (Wildman–Crippen MR) is 108 cm³/mol. The molecule has 0 unspecified atom stereocenters. The van der Waals surface area contributed by atoms with E-state index in [-0.39, 0.29) is 5.97 Å². The van der Waals surface area contributed by atoms with Crippen LogP contribution in [-0.4, -0.2) is 33.1 Å². The van der Waals surface area contributed by atoms with Crippen LogP contribution in [0.5, 0.6) is 5.75 Å². The fourth-order valence-electron chi connectivity index (χ4n) is 3.38. The lowest BCUT2D eigenvalue weighted by atomic mass is 10.3. The van der Waals surface area contributed by atoms with Gasteiger partial charge in [0, 0.05) is 0 Å². The quantitative estimate of drug-likeness (QED) is 0.449. The molecule has 0 amide bonds. The van der Waals surface area contributed by atoms with Crippen molar-refractivity contribution in [2.45, 2.75) is 20.4 Å². The first-order valence-electron chi connectivity index (χ1n) is 9.12. The number of rotatable bonds is 6. The smallest absolute Gasteiger partial charge is 0.357 e. The van der Waals surface area contributed by atoms with Gasteiger partial charge in [-0.2, -0.15) is 0 Å². The summed E-state index contributed by atoms with van der Waals surface area (Å²) in [6, 6.07) is 15.3. The number of esters is 1. The molecule has 7 heteroatoms. The van der Waals surface area contributed by atoms with E-state index in [4.69, 9.17) is 21.1 Å². The maximum atomic E-state index is 12.5. The first-order valence-corrected chi connectivity index (χ1v) is 9.50. The Hall–Kier alpha value is -2.99. The van der Waals surface area contributed by atoms with Crippen molar-refractivity contribution < 1.29 is 14.3 Å². The molecule has 0 saturated heterocycles. The van der Waals surface area contributed by atoms with E-state index >= 15 is 0 Å². The minimum Gasteiger partial charge on any atom is -0.490 e. The van der Waals surface area contributed by atoms with Crippen molar-refractivity contribution in [1.82, 2.24) is 14.0 Å². The van der Waals surface area contributed by atoms with Crippen molar-refractivity contribution in [2.75, 3.05) is 13.2 Å². The van der Waals surface area contributed by atoms with E-state index in [2.05, 4.69) is 4.98 Å². The third kappa shape index (κ3) is 3.10. The zero-order valence-corrected chi connectivity index (χ0v) is 16.4. The van der Waals surface area contributed by atoms with Crippen LogP contribution in [0.2, 0.25) is 5.02 Å². The van der Waals surface area contributed by atoms with E-state index in [9.17, 15) is 4.79 Å². The average Bonchev–Trinajstić information content (AvgIpc) is 3.17. The van der Waals surface area contributed by atoms with Gasteiger partial charge in [0.1, 0.15) is 12.4 Å². The molecule has 0 aliphatic carbocycles. The fourth-order valence-corrected chi connectivity index (χ4v) is 3.57. The van der Waals surface area contributed by atoms with Crippen molar-refractivity contribution in [3.05, 3.63) is 64.9 Å². The largest absolute Gasteiger partial charge is 0.490 e. The number of halogens is 1. The van der Waals surface area contributed by atoms with Crippen LogP contribution in [0.25, 0.3) is 16.8 Å². The van der Waals surface area contributed by atoms with E-state index < -0.39 is 0 Å². The number of hydrogen-bond acceptors (Lipinski definition) is 4. The first kappa shape index (κ1) is 18.4. The number of ether oxygens (including phenoxy) is 2. The number of benzene rings is 2. The molecule has 0 aliphatic heterocycles. The lowest BCUT2D eigenvalue weighted by molar-refractivity contribution is 0.0518. The van der Waals surface area contributed by atoms with Gasteiger partial charge in [0.2, 0.25) is 5.78 Å². The zero-order chi connectivity index (χ0) is 19.7. The molecule has 2 aromatic heterocycles. The molecular formula is C21H20ClN3O3. The minimum atomic E-state index is -0.372. The molecule has 0 radical (unpaired) electrons. The molecule has 4 aromatic rings. The van der Waals surface area contributed by atoms with Gasteiger partial charge in [-0.25, -0.2) is 9.78 Å². The Balaban J connectivity index is 1.74. The number of carbonyl (C=O) groups excluding carboxylic acids is 1. The molecule has 0 aliphatic rings. The van der Waals surface area contributed by atoms with E-state index in [0.29, 0.717) is 47.7 Å².